The first kappa shape index (κ1) is 11.5. The lowest BCUT2D eigenvalue weighted by Gasteiger charge is -2.16. The molecular formula is C7H14ClNO3. The molecule has 0 bridgehead atoms. The van der Waals surface area contributed by atoms with E-state index in [4.69, 9.17) is 21.1 Å². The summed E-state index contributed by atoms with van der Waals surface area (Å²) in [6, 6.07) is 0. The van der Waals surface area contributed by atoms with Gasteiger partial charge in [-0.1, -0.05) is 11.6 Å². The molecule has 0 aliphatic rings. The summed E-state index contributed by atoms with van der Waals surface area (Å²) in [7, 11) is 3.20. The zero-order chi connectivity index (χ0) is 9.56. The highest BCUT2D eigenvalue weighted by Crippen LogP contribution is 1.99. The number of nitrogens with zero attached hydrogens (tertiary/aromatic N) is 1. The van der Waals surface area contributed by atoms with Gasteiger partial charge >= 0.3 is 6.09 Å². The van der Waals surface area contributed by atoms with E-state index in [0.29, 0.717) is 13.2 Å². The molecule has 0 aromatic heterocycles. The van der Waals surface area contributed by atoms with Gasteiger partial charge in [-0.25, -0.2) is 4.79 Å². The van der Waals surface area contributed by atoms with E-state index in [1.165, 1.54) is 4.90 Å². The van der Waals surface area contributed by atoms with Crippen LogP contribution in [0.2, 0.25) is 0 Å². The van der Waals surface area contributed by atoms with Gasteiger partial charge in [0.25, 0.3) is 0 Å². The minimum atomic E-state index is -0.595. The number of hydrogen-bond donors (Lipinski definition) is 0. The van der Waals surface area contributed by atoms with Crippen LogP contribution in [0.3, 0.4) is 0 Å². The number of halogens is 1. The molecule has 1 atom stereocenters. The number of alkyl halides is 1. The summed E-state index contributed by atoms with van der Waals surface area (Å²) in [6.07, 6.45) is -0.436. The third-order valence-corrected chi connectivity index (χ3v) is 1.29. The second-order valence-electron chi connectivity index (χ2n) is 2.34. The second kappa shape index (κ2) is 6.08. The van der Waals surface area contributed by atoms with Gasteiger partial charge in [0.1, 0.15) is 0 Å². The monoisotopic (exact) mass is 195 g/mol. The van der Waals surface area contributed by atoms with Crippen LogP contribution < -0.4 is 0 Å². The van der Waals surface area contributed by atoms with Crippen molar-refractivity contribution < 1.29 is 14.3 Å². The van der Waals surface area contributed by atoms with Gasteiger partial charge in [0.15, 0.2) is 5.56 Å². The zero-order valence-electron chi connectivity index (χ0n) is 7.54. The highest BCUT2D eigenvalue weighted by atomic mass is 35.5. The maximum atomic E-state index is 11.0. The Labute approximate surface area is 77.4 Å². The Bertz CT molecular complexity index is 141. The fraction of sp³-hybridized carbons (Fsp3) is 0.857. The lowest BCUT2D eigenvalue weighted by Crippen LogP contribution is -2.31. The molecule has 0 aromatic carbocycles. The van der Waals surface area contributed by atoms with Crippen LogP contribution in [0.5, 0.6) is 0 Å². The van der Waals surface area contributed by atoms with Gasteiger partial charge in [-0.3, -0.25) is 0 Å². The molecule has 0 radical (unpaired) electrons. The van der Waals surface area contributed by atoms with Crippen LogP contribution in [0.1, 0.15) is 6.92 Å². The Kier molecular flexibility index (Phi) is 5.84. The van der Waals surface area contributed by atoms with Crippen molar-refractivity contribution >= 4 is 17.7 Å². The Balaban J connectivity index is 3.61. The van der Waals surface area contributed by atoms with Crippen LogP contribution in [0.4, 0.5) is 4.79 Å². The van der Waals surface area contributed by atoms with E-state index in [1.807, 2.05) is 0 Å². The van der Waals surface area contributed by atoms with Crippen molar-refractivity contribution in [1.82, 2.24) is 4.90 Å². The van der Waals surface area contributed by atoms with E-state index in [2.05, 4.69) is 0 Å². The fourth-order valence-corrected chi connectivity index (χ4v) is 0.625. The summed E-state index contributed by atoms with van der Waals surface area (Å²) >= 11 is 5.45. The molecular weight excluding hydrogens is 182 g/mol. The van der Waals surface area contributed by atoms with E-state index in [9.17, 15) is 4.79 Å². The molecule has 0 saturated heterocycles. The van der Waals surface area contributed by atoms with Crippen molar-refractivity contribution in [2.24, 2.45) is 0 Å². The van der Waals surface area contributed by atoms with E-state index >= 15 is 0 Å². The number of methoxy groups -OCH3 is 1. The standard InChI is InChI=1S/C7H14ClNO3/c1-6(8)12-7(10)9(2)4-5-11-3/h6H,4-5H2,1-3H3. The maximum Gasteiger partial charge on any atom is 0.411 e. The molecule has 0 saturated carbocycles. The summed E-state index contributed by atoms with van der Waals surface area (Å²) in [5.41, 5.74) is -0.595. The lowest BCUT2D eigenvalue weighted by atomic mass is 10.6. The highest BCUT2D eigenvalue weighted by Gasteiger charge is 2.11. The SMILES string of the molecule is COCCN(C)C(=O)OC(C)Cl. The van der Waals surface area contributed by atoms with Gasteiger partial charge < -0.3 is 14.4 Å². The number of carbonyl (C=O) groups is 1. The van der Waals surface area contributed by atoms with Crippen molar-refractivity contribution in [3.8, 4) is 0 Å². The number of hydrogen-bond acceptors (Lipinski definition) is 3. The first-order valence-electron chi connectivity index (χ1n) is 3.62. The van der Waals surface area contributed by atoms with E-state index in [0.717, 1.165) is 0 Å². The molecule has 4 nitrogen and oxygen atoms in total. The van der Waals surface area contributed by atoms with Crippen LogP contribution in [0, 0.1) is 0 Å². The normalized spacial score (nSPS) is 12.3. The maximum absolute atomic E-state index is 11.0. The molecule has 1 unspecified atom stereocenters. The molecule has 0 aromatic rings. The molecule has 12 heavy (non-hydrogen) atoms. The number of ether oxygens (including phenoxy) is 2. The lowest BCUT2D eigenvalue weighted by molar-refractivity contribution is 0.0915. The number of amides is 1. The van der Waals surface area contributed by atoms with Crippen LogP contribution in [-0.2, 0) is 9.47 Å². The van der Waals surface area contributed by atoms with Crippen molar-refractivity contribution in [2.75, 3.05) is 27.3 Å². The van der Waals surface area contributed by atoms with E-state index in [1.54, 1.807) is 21.1 Å². The molecule has 5 heteroatoms. The summed E-state index contributed by atoms with van der Waals surface area (Å²) in [5.74, 6) is 0. The molecule has 0 spiro atoms. The second-order valence-corrected chi connectivity index (χ2v) is 2.96. The third kappa shape index (κ3) is 5.21. The van der Waals surface area contributed by atoms with Gasteiger partial charge in [0.05, 0.1) is 6.61 Å². The van der Waals surface area contributed by atoms with E-state index < -0.39 is 11.7 Å². The quantitative estimate of drug-likeness (QED) is 0.635. The molecule has 0 fully saturated rings. The van der Waals surface area contributed by atoms with Crippen molar-refractivity contribution in [3.63, 3.8) is 0 Å². The Hall–Kier alpha value is -0.480. The smallest absolute Gasteiger partial charge is 0.411 e. The van der Waals surface area contributed by atoms with Crippen LogP contribution in [0.25, 0.3) is 0 Å². The molecule has 72 valence electrons. The predicted molar refractivity (Wildman–Crippen MR) is 46.3 cm³/mol. The Morgan fingerprint density at radius 3 is 2.67 bits per heavy atom. The molecule has 0 aliphatic heterocycles. The topological polar surface area (TPSA) is 38.8 Å². The number of rotatable bonds is 4. The fourth-order valence-electron chi connectivity index (χ4n) is 0.548. The van der Waals surface area contributed by atoms with Crippen molar-refractivity contribution in [2.45, 2.75) is 12.5 Å². The summed E-state index contributed by atoms with van der Waals surface area (Å²) in [4.78, 5) is 12.4. The average Bonchev–Trinajstić information content (AvgIpc) is 1.98. The Morgan fingerprint density at radius 1 is 1.67 bits per heavy atom. The van der Waals surface area contributed by atoms with Crippen LogP contribution in [0.15, 0.2) is 0 Å². The minimum absolute atomic E-state index is 0.436. The van der Waals surface area contributed by atoms with Crippen molar-refractivity contribution in [1.29, 1.82) is 0 Å². The largest absolute Gasteiger partial charge is 0.430 e. The highest BCUT2D eigenvalue weighted by molar-refractivity contribution is 6.19. The third-order valence-electron chi connectivity index (χ3n) is 1.21. The van der Waals surface area contributed by atoms with Gasteiger partial charge in [-0.05, 0) is 6.92 Å². The minimum Gasteiger partial charge on any atom is -0.430 e. The molecule has 0 heterocycles. The average molecular weight is 196 g/mol. The van der Waals surface area contributed by atoms with Gasteiger partial charge in [-0.2, -0.15) is 0 Å². The molecule has 0 rings (SSSR count). The molecule has 1 amide bonds. The van der Waals surface area contributed by atoms with Gasteiger partial charge in [0.2, 0.25) is 0 Å². The van der Waals surface area contributed by atoms with Gasteiger partial charge in [-0.15, -0.1) is 0 Å². The number of carbonyl (C=O) groups excluding carboxylic acids is 1. The summed E-state index contributed by atoms with van der Waals surface area (Å²) in [5, 5.41) is 0. The van der Waals surface area contributed by atoms with E-state index in [-0.39, 0.29) is 0 Å². The first-order valence-corrected chi connectivity index (χ1v) is 4.06. The molecule has 0 N–H and O–H groups in total. The van der Waals surface area contributed by atoms with Crippen molar-refractivity contribution in [3.05, 3.63) is 0 Å². The summed E-state index contributed by atoms with van der Waals surface area (Å²) in [6.45, 7) is 2.57. The molecule has 0 aliphatic carbocycles. The van der Waals surface area contributed by atoms with Crippen LogP contribution >= 0.6 is 11.6 Å². The zero-order valence-corrected chi connectivity index (χ0v) is 8.30. The van der Waals surface area contributed by atoms with Gasteiger partial charge in [0, 0.05) is 20.7 Å². The summed E-state index contributed by atoms with van der Waals surface area (Å²) < 4.78 is 9.49. The predicted octanol–water partition coefficient (Wildman–Crippen LogP) is 1.29. The number of likely N-dealkylation sites (N-methyl/N-ethyl adjacent to an activating group) is 1. The van der Waals surface area contributed by atoms with Crippen LogP contribution in [-0.4, -0.2) is 43.9 Å². The first-order chi connectivity index (χ1) is 5.57. The Morgan fingerprint density at radius 2 is 2.25 bits per heavy atom.